The molecule has 3 nitrogen and oxygen atoms in total. The molecule has 94 valence electrons. The summed E-state index contributed by atoms with van der Waals surface area (Å²) < 4.78 is 0. The SMILES string of the molecule is O=C(O)CN(CCc1ccsc1)c1ccccc1. The van der Waals surface area contributed by atoms with Crippen molar-refractivity contribution in [2.75, 3.05) is 18.0 Å². The lowest BCUT2D eigenvalue weighted by atomic mass is 10.2. The van der Waals surface area contributed by atoms with Gasteiger partial charge in [-0.05, 0) is 40.9 Å². The first-order chi connectivity index (χ1) is 8.75. The molecule has 0 spiro atoms. The molecule has 0 aliphatic heterocycles. The second-order valence-electron chi connectivity index (χ2n) is 4.03. The molecule has 0 aliphatic rings. The van der Waals surface area contributed by atoms with E-state index >= 15 is 0 Å². The number of carboxylic acid groups (broad SMARTS) is 1. The molecule has 0 bridgehead atoms. The standard InChI is InChI=1S/C14H15NO2S/c16-14(17)10-15(13-4-2-1-3-5-13)8-6-12-7-9-18-11-12/h1-5,7,9,11H,6,8,10H2,(H,16,17). The van der Waals surface area contributed by atoms with Crippen LogP contribution in [0.4, 0.5) is 5.69 Å². The van der Waals surface area contributed by atoms with Crippen molar-refractivity contribution in [1.29, 1.82) is 0 Å². The molecule has 1 heterocycles. The molecule has 18 heavy (non-hydrogen) atoms. The molecular weight excluding hydrogens is 246 g/mol. The van der Waals surface area contributed by atoms with Gasteiger partial charge < -0.3 is 10.0 Å². The first kappa shape index (κ1) is 12.6. The van der Waals surface area contributed by atoms with Gasteiger partial charge in [0.1, 0.15) is 6.54 Å². The lowest BCUT2D eigenvalue weighted by Gasteiger charge is -2.22. The first-order valence-electron chi connectivity index (χ1n) is 5.78. The summed E-state index contributed by atoms with van der Waals surface area (Å²) in [6.45, 7) is 0.751. The molecule has 0 unspecified atom stereocenters. The van der Waals surface area contributed by atoms with E-state index in [1.165, 1.54) is 5.56 Å². The maximum absolute atomic E-state index is 10.9. The van der Waals surface area contributed by atoms with Crippen LogP contribution in [0.2, 0.25) is 0 Å². The van der Waals surface area contributed by atoms with Crippen molar-refractivity contribution in [2.45, 2.75) is 6.42 Å². The molecule has 1 N–H and O–H groups in total. The van der Waals surface area contributed by atoms with Gasteiger partial charge in [0.25, 0.3) is 0 Å². The smallest absolute Gasteiger partial charge is 0.323 e. The zero-order chi connectivity index (χ0) is 12.8. The van der Waals surface area contributed by atoms with E-state index in [2.05, 4.69) is 11.4 Å². The van der Waals surface area contributed by atoms with E-state index in [9.17, 15) is 4.79 Å². The van der Waals surface area contributed by atoms with Gasteiger partial charge in [-0.3, -0.25) is 4.79 Å². The van der Waals surface area contributed by atoms with Crippen LogP contribution in [0.3, 0.4) is 0 Å². The molecule has 1 aromatic carbocycles. The van der Waals surface area contributed by atoms with Gasteiger partial charge >= 0.3 is 5.97 Å². The number of para-hydroxylation sites is 1. The summed E-state index contributed by atoms with van der Waals surface area (Å²) in [6.07, 6.45) is 0.867. The molecule has 0 radical (unpaired) electrons. The molecule has 0 aliphatic carbocycles. The highest BCUT2D eigenvalue weighted by atomic mass is 32.1. The number of benzene rings is 1. The number of aliphatic carboxylic acids is 1. The predicted octanol–water partition coefficient (Wildman–Crippen LogP) is 2.88. The number of hydrogen-bond donors (Lipinski definition) is 1. The average Bonchev–Trinajstić information content (AvgIpc) is 2.88. The Morgan fingerprint density at radius 1 is 1.22 bits per heavy atom. The largest absolute Gasteiger partial charge is 0.480 e. The third-order valence-corrected chi connectivity index (χ3v) is 3.43. The van der Waals surface area contributed by atoms with E-state index in [0.717, 1.165) is 12.1 Å². The van der Waals surface area contributed by atoms with Crippen LogP contribution in [0, 0.1) is 0 Å². The first-order valence-corrected chi connectivity index (χ1v) is 6.73. The lowest BCUT2D eigenvalue weighted by molar-refractivity contribution is -0.135. The van der Waals surface area contributed by atoms with Gasteiger partial charge in [0, 0.05) is 12.2 Å². The molecule has 0 amide bonds. The number of carboxylic acids is 1. The van der Waals surface area contributed by atoms with Crippen LogP contribution < -0.4 is 4.90 Å². The van der Waals surface area contributed by atoms with Crippen molar-refractivity contribution in [1.82, 2.24) is 0 Å². The number of thiophene rings is 1. The van der Waals surface area contributed by atoms with Gasteiger partial charge in [0.15, 0.2) is 0 Å². The number of nitrogens with zero attached hydrogens (tertiary/aromatic N) is 1. The molecule has 0 saturated heterocycles. The molecule has 4 heteroatoms. The van der Waals surface area contributed by atoms with Gasteiger partial charge in [-0.15, -0.1) is 0 Å². The Hall–Kier alpha value is -1.81. The van der Waals surface area contributed by atoms with Crippen LogP contribution in [-0.2, 0) is 11.2 Å². The summed E-state index contributed by atoms with van der Waals surface area (Å²) in [4.78, 5) is 12.8. The van der Waals surface area contributed by atoms with Crippen molar-refractivity contribution >= 4 is 23.0 Å². The molecule has 1 aromatic heterocycles. The number of carbonyl (C=O) groups is 1. The summed E-state index contributed by atoms with van der Waals surface area (Å²) in [7, 11) is 0. The van der Waals surface area contributed by atoms with Gasteiger partial charge in [-0.1, -0.05) is 18.2 Å². The maximum atomic E-state index is 10.9. The van der Waals surface area contributed by atoms with Crippen molar-refractivity contribution in [2.24, 2.45) is 0 Å². The van der Waals surface area contributed by atoms with Crippen molar-refractivity contribution in [3.05, 3.63) is 52.7 Å². The van der Waals surface area contributed by atoms with Crippen LogP contribution in [0.25, 0.3) is 0 Å². The zero-order valence-electron chi connectivity index (χ0n) is 9.95. The van der Waals surface area contributed by atoms with Crippen molar-refractivity contribution < 1.29 is 9.90 Å². The normalized spacial score (nSPS) is 10.2. The van der Waals surface area contributed by atoms with Crippen molar-refractivity contribution in [3.63, 3.8) is 0 Å². The molecule has 0 fully saturated rings. The Labute approximate surface area is 110 Å². The van der Waals surface area contributed by atoms with Crippen LogP contribution in [0.15, 0.2) is 47.2 Å². The number of anilines is 1. The second kappa shape index (κ2) is 6.21. The fourth-order valence-corrected chi connectivity index (χ4v) is 2.50. The molecule has 2 rings (SSSR count). The number of rotatable bonds is 6. The summed E-state index contributed by atoms with van der Waals surface area (Å²) in [5, 5.41) is 13.1. The minimum absolute atomic E-state index is 0.0359. The van der Waals surface area contributed by atoms with E-state index in [-0.39, 0.29) is 6.54 Å². The van der Waals surface area contributed by atoms with E-state index < -0.39 is 5.97 Å². The molecular formula is C14H15NO2S. The summed E-state index contributed by atoms with van der Waals surface area (Å²) in [5.41, 5.74) is 2.21. The predicted molar refractivity (Wildman–Crippen MR) is 74.3 cm³/mol. The summed E-state index contributed by atoms with van der Waals surface area (Å²) >= 11 is 1.67. The monoisotopic (exact) mass is 261 g/mol. The third-order valence-electron chi connectivity index (χ3n) is 2.70. The van der Waals surface area contributed by atoms with E-state index in [1.54, 1.807) is 11.3 Å². The highest BCUT2D eigenvalue weighted by Gasteiger charge is 2.10. The minimum atomic E-state index is -0.802. The Balaban J connectivity index is 2.03. The summed E-state index contributed by atoms with van der Waals surface area (Å²) in [6, 6.07) is 11.7. The van der Waals surface area contributed by atoms with E-state index in [1.807, 2.05) is 40.6 Å². The third kappa shape index (κ3) is 3.60. The van der Waals surface area contributed by atoms with Crippen LogP contribution in [-0.4, -0.2) is 24.2 Å². The van der Waals surface area contributed by atoms with E-state index in [4.69, 9.17) is 5.11 Å². The van der Waals surface area contributed by atoms with Gasteiger partial charge in [0.05, 0.1) is 0 Å². The lowest BCUT2D eigenvalue weighted by Crippen LogP contribution is -2.31. The van der Waals surface area contributed by atoms with E-state index in [0.29, 0.717) is 6.54 Å². The van der Waals surface area contributed by atoms with Gasteiger partial charge in [-0.2, -0.15) is 11.3 Å². The molecule has 0 atom stereocenters. The minimum Gasteiger partial charge on any atom is -0.480 e. The average molecular weight is 261 g/mol. The summed E-state index contributed by atoms with van der Waals surface area (Å²) in [5.74, 6) is -0.802. The fourth-order valence-electron chi connectivity index (χ4n) is 1.80. The topological polar surface area (TPSA) is 40.5 Å². The Morgan fingerprint density at radius 3 is 2.61 bits per heavy atom. The molecule has 2 aromatic rings. The highest BCUT2D eigenvalue weighted by molar-refractivity contribution is 7.07. The fraction of sp³-hybridized carbons (Fsp3) is 0.214. The Kier molecular flexibility index (Phi) is 4.36. The maximum Gasteiger partial charge on any atom is 0.323 e. The Bertz CT molecular complexity index is 482. The van der Waals surface area contributed by atoms with Crippen LogP contribution in [0.5, 0.6) is 0 Å². The van der Waals surface area contributed by atoms with Crippen LogP contribution in [0.1, 0.15) is 5.56 Å². The number of hydrogen-bond acceptors (Lipinski definition) is 3. The van der Waals surface area contributed by atoms with Crippen LogP contribution >= 0.6 is 11.3 Å². The van der Waals surface area contributed by atoms with Crippen molar-refractivity contribution in [3.8, 4) is 0 Å². The molecule has 0 saturated carbocycles. The van der Waals surface area contributed by atoms with Gasteiger partial charge in [-0.25, -0.2) is 0 Å². The second-order valence-corrected chi connectivity index (χ2v) is 4.81. The Morgan fingerprint density at radius 2 is 2.00 bits per heavy atom. The quantitative estimate of drug-likeness (QED) is 0.869. The zero-order valence-corrected chi connectivity index (χ0v) is 10.8. The van der Waals surface area contributed by atoms with Gasteiger partial charge in [0.2, 0.25) is 0 Å². The highest BCUT2D eigenvalue weighted by Crippen LogP contribution is 2.14.